The third kappa shape index (κ3) is 2.82. The second kappa shape index (κ2) is 6.69. The topological polar surface area (TPSA) is 78.1 Å². The lowest BCUT2D eigenvalue weighted by atomic mass is 9.72. The smallest absolute Gasteiger partial charge is 0.0178 e. The van der Waals surface area contributed by atoms with E-state index in [4.69, 9.17) is 17.2 Å². The Kier molecular flexibility index (Phi) is 4.86. The summed E-state index contributed by atoms with van der Waals surface area (Å²) in [5.74, 6) is 3.23. The van der Waals surface area contributed by atoms with E-state index in [1.54, 1.807) is 0 Å². The number of benzene rings is 1. The SMILES string of the molecule is NCC12CCC(C1)C1CCCC12.NCc1cccc(CN)c1. The van der Waals surface area contributed by atoms with Gasteiger partial charge in [-0.25, -0.2) is 0 Å². The number of rotatable bonds is 3. The monoisotopic (exact) mass is 301 g/mol. The van der Waals surface area contributed by atoms with E-state index in [-0.39, 0.29) is 0 Å². The minimum atomic E-state index is 0.591. The van der Waals surface area contributed by atoms with Gasteiger partial charge in [-0.15, -0.1) is 0 Å². The molecule has 0 heterocycles. The molecule has 4 rings (SSSR count). The molecular formula is C19H31N3. The molecule has 6 N–H and O–H groups in total. The lowest BCUT2D eigenvalue weighted by Gasteiger charge is -2.34. The highest BCUT2D eigenvalue weighted by atomic mass is 14.7. The molecule has 3 aliphatic rings. The predicted molar refractivity (Wildman–Crippen MR) is 91.9 cm³/mol. The molecule has 2 bridgehead atoms. The minimum Gasteiger partial charge on any atom is -0.330 e. The summed E-state index contributed by atoms with van der Waals surface area (Å²) in [6.45, 7) is 2.16. The van der Waals surface area contributed by atoms with Crippen molar-refractivity contribution in [2.24, 2.45) is 40.4 Å². The Morgan fingerprint density at radius 3 is 2.36 bits per heavy atom. The van der Waals surface area contributed by atoms with Crippen molar-refractivity contribution in [3.8, 4) is 0 Å². The van der Waals surface area contributed by atoms with Gasteiger partial charge in [0.15, 0.2) is 0 Å². The molecule has 0 amide bonds. The molecule has 122 valence electrons. The van der Waals surface area contributed by atoms with Crippen molar-refractivity contribution in [3.63, 3.8) is 0 Å². The molecule has 0 aromatic heterocycles. The van der Waals surface area contributed by atoms with Gasteiger partial charge >= 0.3 is 0 Å². The Bertz CT molecular complexity index is 482. The molecule has 0 radical (unpaired) electrons. The third-order valence-corrected chi connectivity index (χ3v) is 6.51. The Morgan fingerprint density at radius 2 is 1.73 bits per heavy atom. The normalized spacial score (nSPS) is 35.1. The summed E-state index contributed by atoms with van der Waals surface area (Å²) in [7, 11) is 0. The molecule has 0 saturated heterocycles. The summed E-state index contributed by atoms with van der Waals surface area (Å²) >= 11 is 0. The standard InChI is InChI=1S/C11H19N.C8H12N2/c12-7-11-5-4-8(6-11)9-2-1-3-10(9)11;9-5-7-2-1-3-8(4-7)6-10/h8-10H,1-7,12H2;1-4H,5-6,9-10H2. The third-order valence-electron chi connectivity index (χ3n) is 6.51. The number of fused-ring (bicyclic) bond motifs is 5. The number of nitrogens with two attached hydrogens (primary N) is 3. The Morgan fingerprint density at radius 1 is 1.00 bits per heavy atom. The molecular weight excluding hydrogens is 270 g/mol. The van der Waals surface area contributed by atoms with E-state index in [0.717, 1.165) is 35.4 Å². The molecule has 1 aromatic rings. The van der Waals surface area contributed by atoms with Gasteiger partial charge in [0.25, 0.3) is 0 Å². The average Bonchev–Trinajstić information content (AvgIpc) is 3.28. The van der Waals surface area contributed by atoms with Gasteiger partial charge in [-0.2, -0.15) is 0 Å². The van der Waals surface area contributed by atoms with Crippen LogP contribution in [0.25, 0.3) is 0 Å². The molecule has 4 unspecified atom stereocenters. The van der Waals surface area contributed by atoms with Crippen LogP contribution >= 0.6 is 0 Å². The van der Waals surface area contributed by atoms with Gasteiger partial charge < -0.3 is 17.2 Å². The predicted octanol–water partition coefficient (Wildman–Crippen LogP) is 2.77. The number of hydrogen-bond acceptors (Lipinski definition) is 3. The molecule has 1 aromatic carbocycles. The summed E-state index contributed by atoms with van der Waals surface area (Å²) in [5.41, 5.74) is 19.7. The fourth-order valence-corrected chi connectivity index (χ4v) is 5.44. The lowest BCUT2D eigenvalue weighted by molar-refractivity contribution is 0.161. The highest BCUT2D eigenvalue weighted by Crippen LogP contribution is 2.65. The molecule has 22 heavy (non-hydrogen) atoms. The first-order valence-electron chi connectivity index (χ1n) is 8.90. The quantitative estimate of drug-likeness (QED) is 0.803. The maximum absolute atomic E-state index is 5.96. The van der Waals surface area contributed by atoms with Crippen LogP contribution < -0.4 is 17.2 Å². The van der Waals surface area contributed by atoms with Gasteiger partial charge in [0.05, 0.1) is 0 Å². The van der Waals surface area contributed by atoms with Crippen LogP contribution in [0.2, 0.25) is 0 Å². The zero-order valence-corrected chi connectivity index (χ0v) is 13.6. The molecule has 0 spiro atoms. The summed E-state index contributed by atoms with van der Waals surface area (Å²) < 4.78 is 0. The van der Waals surface area contributed by atoms with E-state index < -0.39 is 0 Å². The first kappa shape index (κ1) is 16.0. The minimum absolute atomic E-state index is 0.591. The Labute approximate surface area is 134 Å². The maximum Gasteiger partial charge on any atom is 0.0178 e. The summed E-state index contributed by atoms with van der Waals surface area (Å²) in [5, 5.41) is 0. The molecule has 3 aliphatic carbocycles. The van der Waals surface area contributed by atoms with Gasteiger partial charge in [0, 0.05) is 13.1 Å². The first-order valence-corrected chi connectivity index (χ1v) is 8.90. The Hall–Kier alpha value is -0.900. The second-order valence-corrected chi connectivity index (χ2v) is 7.50. The van der Waals surface area contributed by atoms with Crippen molar-refractivity contribution in [3.05, 3.63) is 35.4 Å². The van der Waals surface area contributed by atoms with Crippen molar-refractivity contribution in [1.29, 1.82) is 0 Å². The van der Waals surface area contributed by atoms with Crippen molar-refractivity contribution in [1.82, 2.24) is 0 Å². The highest BCUT2D eigenvalue weighted by Gasteiger charge is 2.57. The van der Waals surface area contributed by atoms with Gasteiger partial charge in [0.1, 0.15) is 0 Å². The van der Waals surface area contributed by atoms with Crippen molar-refractivity contribution in [2.45, 2.75) is 51.6 Å². The molecule has 4 atom stereocenters. The summed E-state index contributed by atoms with van der Waals surface area (Å²) in [4.78, 5) is 0. The van der Waals surface area contributed by atoms with Gasteiger partial charge in [-0.3, -0.25) is 0 Å². The van der Waals surface area contributed by atoms with E-state index in [2.05, 4.69) is 0 Å². The molecule has 3 heteroatoms. The van der Waals surface area contributed by atoms with Gasteiger partial charge in [0.2, 0.25) is 0 Å². The Balaban J connectivity index is 0.000000134. The second-order valence-electron chi connectivity index (χ2n) is 7.50. The van der Waals surface area contributed by atoms with Crippen LogP contribution in [-0.4, -0.2) is 6.54 Å². The number of hydrogen-bond donors (Lipinski definition) is 3. The fourth-order valence-electron chi connectivity index (χ4n) is 5.44. The van der Waals surface area contributed by atoms with Crippen LogP contribution in [0.3, 0.4) is 0 Å². The highest BCUT2D eigenvalue weighted by molar-refractivity contribution is 5.22. The zero-order valence-electron chi connectivity index (χ0n) is 13.6. The molecule has 3 fully saturated rings. The maximum atomic E-state index is 5.96. The zero-order chi connectivity index (χ0) is 15.6. The molecule has 3 nitrogen and oxygen atoms in total. The van der Waals surface area contributed by atoms with E-state index in [0.29, 0.717) is 18.5 Å². The van der Waals surface area contributed by atoms with Gasteiger partial charge in [-0.05, 0) is 72.9 Å². The largest absolute Gasteiger partial charge is 0.330 e. The summed E-state index contributed by atoms with van der Waals surface area (Å²) in [6, 6.07) is 8.00. The van der Waals surface area contributed by atoms with Crippen LogP contribution in [0.5, 0.6) is 0 Å². The van der Waals surface area contributed by atoms with E-state index in [1.165, 1.54) is 38.5 Å². The van der Waals surface area contributed by atoms with Crippen molar-refractivity contribution < 1.29 is 0 Å². The van der Waals surface area contributed by atoms with Crippen molar-refractivity contribution >= 4 is 0 Å². The van der Waals surface area contributed by atoms with Gasteiger partial charge in [-0.1, -0.05) is 30.7 Å². The van der Waals surface area contributed by atoms with E-state index >= 15 is 0 Å². The average molecular weight is 301 g/mol. The molecule has 0 aliphatic heterocycles. The molecule has 3 saturated carbocycles. The van der Waals surface area contributed by atoms with Crippen LogP contribution in [0.4, 0.5) is 0 Å². The van der Waals surface area contributed by atoms with Crippen LogP contribution in [0.15, 0.2) is 24.3 Å². The first-order chi connectivity index (χ1) is 10.7. The lowest BCUT2D eigenvalue weighted by Crippen LogP contribution is -2.34. The fraction of sp³-hybridized carbons (Fsp3) is 0.684. The summed E-state index contributed by atoms with van der Waals surface area (Å²) in [6.07, 6.45) is 8.95. The van der Waals surface area contributed by atoms with Crippen molar-refractivity contribution in [2.75, 3.05) is 6.54 Å². The van der Waals surface area contributed by atoms with Crippen LogP contribution in [0, 0.1) is 23.2 Å². The van der Waals surface area contributed by atoms with E-state index in [1.807, 2.05) is 24.3 Å². The van der Waals surface area contributed by atoms with E-state index in [9.17, 15) is 0 Å². The van der Waals surface area contributed by atoms with Crippen LogP contribution in [-0.2, 0) is 13.1 Å². The van der Waals surface area contributed by atoms with Crippen LogP contribution in [0.1, 0.15) is 49.7 Å².